The molecule has 4 rings (SSSR count). The van der Waals surface area contributed by atoms with Crippen molar-refractivity contribution in [1.29, 1.82) is 0 Å². The predicted molar refractivity (Wildman–Crippen MR) is 96.6 cm³/mol. The molecule has 0 bridgehead atoms. The van der Waals surface area contributed by atoms with Gasteiger partial charge in [0, 0.05) is 43.4 Å². The summed E-state index contributed by atoms with van der Waals surface area (Å²) in [4.78, 5) is 3.42. The minimum atomic E-state index is -4.71. The molecule has 0 saturated carbocycles. The molecule has 0 spiro atoms. The van der Waals surface area contributed by atoms with E-state index in [4.69, 9.17) is 17.1 Å². The first-order valence-electron chi connectivity index (χ1n) is 9.99. The molecule has 1 aliphatic heterocycles. The van der Waals surface area contributed by atoms with E-state index in [1.807, 2.05) is 0 Å². The maximum atomic E-state index is 14.7. The second-order valence-corrected chi connectivity index (χ2v) is 8.24. The second kappa shape index (κ2) is 6.54. The third kappa shape index (κ3) is 3.01. The van der Waals surface area contributed by atoms with E-state index in [0.717, 1.165) is 10.7 Å². The van der Waals surface area contributed by atoms with E-state index in [9.17, 15) is 12.8 Å². The van der Waals surface area contributed by atoms with Crippen LogP contribution in [0.3, 0.4) is 0 Å². The molecule has 0 N–H and O–H groups in total. The summed E-state index contributed by atoms with van der Waals surface area (Å²) >= 11 is 6.08. The van der Waals surface area contributed by atoms with E-state index in [1.54, 1.807) is 0 Å². The number of aromatic nitrogens is 5. The highest BCUT2D eigenvalue weighted by Crippen LogP contribution is 2.34. The Hall–Kier alpha value is -2.04. The minimum Gasteiger partial charge on any atom is -0.255 e. The number of hydrogen-bond acceptors (Lipinski definition) is 5. The fraction of sp³-hybridized carbons (Fsp3) is 0.438. The van der Waals surface area contributed by atoms with Crippen LogP contribution in [0.5, 0.6) is 0 Å². The average Bonchev–Trinajstić information content (AvgIpc) is 3.14. The van der Waals surface area contributed by atoms with Gasteiger partial charge in [-0.05, 0) is 25.7 Å². The van der Waals surface area contributed by atoms with Crippen molar-refractivity contribution in [1.82, 2.24) is 28.7 Å². The van der Waals surface area contributed by atoms with Crippen LogP contribution in [0.4, 0.5) is 4.39 Å². The SMILES string of the molecule is [2H]C1([2H])CC(c2cn3ncnc3cc2F)CC([2H])([2H])N1S(=O)(=O)c1c(C)nn(C)c1Cl. The molecule has 1 fully saturated rings. The lowest BCUT2D eigenvalue weighted by Gasteiger charge is -2.31. The molecule has 11 heteroatoms. The Morgan fingerprint density at radius 3 is 2.70 bits per heavy atom. The van der Waals surface area contributed by atoms with E-state index >= 15 is 0 Å². The molecule has 0 aromatic carbocycles. The Labute approximate surface area is 166 Å². The van der Waals surface area contributed by atoms with Crippen molar-refractivity contribution in [2.24, 2.45) is 7.05 Å². The molecule has 0 atom stereocenters. The van der Waals surface area contributed by atoms with Gasteiger partial charge in [-0.3, -0.25) is 4.68 Å². The zero-order valence-corrected chi connectivity index (χ0v) is 16.0. The quantitative estimate of drug-likeness (QED) is 0.653. The second-order valence-electron chi connectivity index (χ2n) is 6.16. The van der Waals surface area contributed by atoms with Crippen molar-refractivity contribution >= 4 is 27.3 Å². The molecule has 1 saturated heterocycles. The van der Waals surface area contributed by atoms with Gasteiger partial charge in [0.05, 0.1) is 5.69 Å². The van der Waals surface area contributed by atoms with Crippen molar-refractivity contribution in [2.45, 2.75) is 30.6 Å². The molecule has 0 radical (unpaired) electrons. The molecular formula is C16H18ClFN6O2S. The van der Waals surface area contributed by atoms with Gasteiger partial charge in [0.15, 0.2) is 5.65 Å². The Kier molecular flexibility index (Phi) is 3.40. The van der Waals surface area contributed by atoms with Crippen molar-refractivity contribution in [3.63, 3.8) is 0 Å². The van der Waals surface area contributed by atoms with E-state index in [2.05, 4.69) is 15.2 Å². The fourth-order valence-electron chi connectivity index (χ4n) is 3.05. The number of pyridine rings is 1. The lowest BCUT2D eigenvalue weighted by molar-refractivity contribution is 0.315. The highest BCUT2D eigenvalue weighted by Gasteiger charge is 2.35. The molecule has 3 aromatic rings. The van der Waals surface area contributed by atoms with Crippen molar-refractivity contribution in [2.75, 3.05) is 13.0 Å². The number of rotatable bonds is 3. The van der Waals surface area contributed by atoms with E-state index < -0.39 is 52.5 Å². The molecule has 4 heterocycles. The Bertz CT molecular complexity index is 1280. The Morgan fingerprint density at radius 1 is 1.37 bits per heavy atom. The van der Waals surface area contributed by atoms with Crippen LogP contribution in [0, 0.1) is 12.7 Å². The standard InChI is InChI=1S/C16H18ClFN6O2S/c1-10-15(16(17)22(2)21-10)27(25,26)23-5-3-11(4-6-23)12-8-24-14(7-13(12)18)19-9-20-24/h7-9,11H,3-6H2,1-2H3/i5D2,6D2. The molecule has 0 amide bonds. The largest absolute Gasteiger partial charge is 0.255 e. The molecule has 27 heavy (non-hydrogen) atoms. The average molecular weight is 417 g/mol. The van der Waals surface area contributed by atoms with E-state index in [-0.39, 0.29) is 26.4 Å². The van der Waals surface area contributed by atoms with Crippen LogP contribution < -0.4 is 0 Å². The normalized spacial score (nSPS) is 23.0. The first-order chi connectivity index (χ1) is 14.3. The lowest BCUT2D eigenvalue weighted by Crippen LogP contribution is -2.38. The summed E-state index contributed by atoms with van der Waals surface area (Å²) < 4.78 is 77.7. The smallest absolute Gasteiger partial charge is 0.248 e. The van der Waals surface area contributed by atoms with Crippen LogP contribution >= 0.6 is 11.6 Å². The summed E-state index contributed by atoms with van der Waals surface area (Å²) in [6, 6.07) is 1.12. The highest BCUT2D eigenvalue weighted by atomic mass is 35.5. The number of piperidine rings is 1. The summed E-state index contributed by atoms with van der Waals surface area (Å²) in [5.41, 5.74) is 0.288. The minimum absolute atomic E-state index is 0.0175. The van der Waals surface area contributed by atoms with Gasteiger partial charge in [-0.15, -0.1) is 0 Å². The Balaban J connectivity index is 1.79. The molecule has 8 nitrogen and oxygen atoms in total. The summed E-state index contributed by atoms with van der Waals surface area (Å²) in [5, 5.41) is 7.60. The third-order valence-electron chi connectivity index (χ3n) is 4.39. The maximum absolute atomic E-state index is 14.7. The van der Waals surface area contributed by atoms with Gasteiger partial charge in [0.1, 0.15) is 22.2 Å². The van der Waals surface area contributed by atoms with Gasteiger partial charge < -0.3 is 0 Å². The van der Waals surface area contributed by atoms with Crippen LogP contribution in [0.1, 0.15) is 35.5 Å². The van der Waals surface area contributed by atoms with Crippen molar-refractivity contribution in [3.05, 3.63) is 40.8 Å². The lowest BCUT2D eigenvalue weighted by atomic mass is 9.91. The summed E-state index contributed by atoms with van der Waals surface area (Å²) in [6.45, 7) is -3.97. The molecule has 0 unspecified atom stereocenters. The molecular weight excluding hydrogens is 395 g/mol. The Morgan fingerprint density at radius 2 is 2.07 bits per heavy atom. The number of hydrogen-bond donors (Lipinski definition) is 0. The van der Waals surface area contributed by atoms with Gasteiger partial charge in [0.2, 0.25) is 10.0 Å². The summed E-state index contributed by atoms with van der Waals surface area (Å²) in [7, 11) is -3.29. The van der Waals surface area contributed by atoms with Gasteiger partial charge in [-0.1, -0.05) is 11.6 Å². The van der Waals surface area contributed by atoms with Crippen LogP contribution in [-0.2, 0) is 17.1 Å². The van der Waals surface area contributed by atoms with Crippen molar-refractivity contribution < 1.29 is 18.3 Å². The van der Waals surface area contributed by atoms with Crippen LogP contribution in [0.2, 0.25) is 5.15 Å². The zero-order valence-electron chi connectivity index (χ0n) is 18.4. The van der Waals surface area contributed by atoms with Gasteiger partial charge in [-0.25, -0.2) is 22.3 Å². The van der Waals surface area contributed by atoms with Crippen LogP contribution in [-0.4, -0.2) is 50.1 Å². The number of fused-ring (bicyclic) bond motifs is 1. The van der Waals surface area contributed by atoms with Crippen LogP contribution in [0.25, 0.3) is 5.65 Å². The van der Waals surface area contributed by atoms with E-state index in [1.165, 1.54) is 31.0 Å². The summed E-state index contributed by atoms with van der Waals surface area (Å²) in [5.74, 6) is -1.64. The van der Waals surface area contributed by atoms with Gasteiger partial charge in [0.25, 0.3) is 0 Å². The summed E-state index contributed by atoms with van der Waals surface area (Å²) in [6.07, 6.45) is 1.60. The van der Waals surface area contributed by atoms with E-state index in [0.29, 0.717) is 0 Å². The molecule has 1 aliphatic rings. The van der Waals surface area contributed by atoms with Crippen LogP contribution in [0.15, 0.2) is 23.5 Å². The number of aryl methyl sites for hydroxylation is 2. The molecule has 3 aromatic heterocycles. The highest BCUT2D eigenvalue weighted by molar-refractivity contribution is 7.89. The van der Waals surface area contributed by atoms with Crippen molar-refractivity contribution in [3.8, 4) is 0 Å². The number of halogens is 2. The van der Waals surface area contributed by atoms with Gasteiger partial charge in [-0.2, -0.15) is 14.5 Å². The number of nitrogens with zero attached hydrogens (tertiary/aromatic N) is 6. The number of sulfonamides is 1. The maximum Gasteiger partial charge on any atom is 0.248 e. The monoisotopic (exact) mass is 416 g/mol. The molecule has 0 aliphatic carbocycles. The first-order valence-corrected chi connectivity index (χ1v) is 9.81. The third-order valence-corrected chi connectivity index (χ3v) is 6.68. The fourth-order valence-corrected chi connectivity index (χ4v) is 4.95. The topological polar surface area (TPSA) is 85.4 Å². The first kappa shape index (κ1) is 14.0. The molecule has 144 valence electrons. The predicted octanol–water partition coefficient (Wildman–Crippen LogP) is 2.13. The zero-order chi connectivity index (χ0) is 22.9. The van der Waals surface area contributed by atoms with Gasteiger partial charge >= 0.3 is 0 Å².